The number of ether oxygens (including phenoxy) is 1. The maximum Gasteiger partial charge on any atom is 0.171 e. The molecule has 1 aliphatic rings. The molecule has 1 aromatic heterocycles. The minimum atomic E-state index is 0.0853. The van der Waals surface area contributed by atoms with E-state index in [1.165, 1.54) is 43.4 Å². The summed E-state index contributed by atoms with van der Waals surface area (Å²) in [7, 11) is 0. The lowest BCUT2D eigenvalue weighted by Gasteiger charge is -2.28. The Morgan fingerprint density at radius 1 is 1.42 bits per heavy atom. The van der Waals surface area contributed by atoms with Gasteiger partial charge in [0.25, 0.3) is 0 Å². The number of Topliss-reactive ketones (excluding diaryl/α,β-unsaturated/α-hetero) is 1. The summed E-state index contributed by atoms with van der Waals surface area (Å²) in [5.74, 6) is 0.680. The van der Waals surface area contributed by atoms with Gasteiger partial charge in [0.1, 0.15) is 11.1 Å². The quantitative estimate of drug-likeness (QED) is 0.755. The van der Waals surface area contributed by atoms with Gasteiger partial charge in [0.15, 0.2) is 5.78 Å². The minimum Gasteiger partial charge on any atom is -0.371 e. The zero-order chi connectivity index (χ0) is 13.8. The van der Waals surface area contributed by atoms with E-state index >= 15 is 0 Å². The molecule has 0 aromatic carbocycles. The van der Waals surface area contributed by atoms with Gasteiger partial charge in [0, 0.05) is 13.5 Å². The van der Waals surface area contributed by atoms with Gasteiger partial charge in [-0.25, -0.2) is 4.98 Å². The first-order valence-corrected chi connectivity index (χ1v) is 8.05. The highest BCUT2D eigenvalue weighted by molar-refractivity contribution is 7.13. The van der Waals surface area contributed by atoms with Gasteiger partial charge in [-0.15, -0.1) is 11.3 Å². The van der Waals surface area contributed by atoms with Crippen LogP contribution in [0, 0.1) is 12.8 Å². The van der Waals surface area contributed by atoms with Crippen LogP contribution in [0.15, 0.2) is 0 Å². The molecule has 1 fully saturated rings. The van der Waals surface area contributed by atoms with E-state index in [1.807, 2.05) is 13.8 Å². The molecule has 0 aliphatic heterocycles. The third-order valence-electron chi connectivity index (χ3n) is 3.80. The van der Waals surface area contributed by atoms with Crippen molar-refractivity contribution >= 4 is 17.1 Å². The van der Waals surface area contributed by atoms with E-state index < -0.39 is 0 Å². The Bertz CT molecular complexity index is 435. The van der Waals surface area contributed by atoms with Crippen LogP contribution in [0.5, 0.6) is 0 Å². The van der Waals surface area contributed by atoms with E-state index in [2.05, 4.69) is 4.98 Å². The molecule has 0 radical (unpaired) electrons. The molecule has 1 unspecified atom stereocenters. The van der Waals surface area contributed by atoms with E-state index in [0.29, 0.717) is 12.5 Å². The van der Waals surface area contributed by atoms with Crippen molar-refractivity contribution in [2.75, 3.05) is 6.61 Å². The Labute approximate surface area is 119 Å². The van der Waals surface area contributed by atoms with Crippen LogP contribution in [0.3, 0.4) is 0 Å². The summed E-state index contributed by atoms with van der Waals surface area (Å²) in [6.07, 6.45) is 6.45. The summed E-state index contributed by atoms with van der Waals surface area (Å²) in [4.78, 5) is 17.0. The smallest absolute Gasteiger partial charge is 0.171 e. The van der Waals surface area contributed by atoms with Crippen molar-refractivity contribution in [3.63, 3.8) is 0 Å². The largest absolute Gasteiger partial charge is 0.371 e. The monoisotopic (exact) mass is 281 g/mol. The van der Waals surface area contributed by atoms with Gasteiger partial charge in [0.05, 0.1) is 10.6 Å². The number of hydrogen-bond acceptors (Lipinski definition) is 4. The Balaban J connectivity index is 2.22. The van der Waals surface area contributed by atoms with Crippen molar-refractivity contribution < 1.29 is 9.53 Å². The number of nitrogens with zero attached hydrogens (tertiary/aromatic N) is 1. The fraction of sp³-hybridized carbons (Fsp3) is 0.733. The Morgan fingerprint density at radius 3 is 2.63 bits per heavy atom. The van der Waals surface area contributed by atoms with Crippen molar-refractivity contribution in [2.45, 2.75) is 59.0 Å². The standard InChI is InChI=1S/C15H23NO2S/c1-4-18-13(12-8-6-5-7-9-12)15-16-10(2)14(19-15)11(3)17/h12-13H,4-9H2,1-3H3. The van der Waals surface area contributed by atoms with E-state index in [0.717, 1.165) is 15.6 Å². The topological polar surface area (TPSA) is 39.2 Å². The first-order valence-electron chi connectivity index (χ1n) is 7.23. The molecule has 0 saturated heterocycles. The van der Waals surface area contributed by atoms with Crippen LogP contribution in [-0.4, -0.2) is 17.4 Å². The lowest BCUT2D eigenvalue weighted by atomic mass is 9.85. The average Bonchev–Trinajstić information content (AvgIpc) is 2.79. The highest BCUT2D eigenvalue weighted by atomic mass is 32.1. The van der Waals surface area contributed by atoms with Crippen molar-refractivity contribution in [1.82, 2.24) is 4.98 Å². The zero-order valence-corrected chi connectivity index (χ0v) is 12.9. The summed E-state index contributed by atoms with van der Waals surface area (Å²) < 4.78 is 5.95. The highest BCUT2D eigenvalue weighted by Crippen LogP contribution is 2.39. The zero-order valence-electron chi connectivity index (χ0n) is 12.1. The molecule has 1 aliphatic carbocycles. The fourth-order valence-corrected chi connectivity index (χ4v) is 4.00. The van der Waals surface area contributed by atoms with Crippen molar-refractivity contribution in [3.8, 4) is 0 Å². The second-order valence-electron chi connectivity index (χ2n) is 5.30. The van der Waals surface area contributed by atoms with Crippen molar-refractivity contribution in [1.29, 1.82) is 0 Å². The third-order valence-corrected chi connectivity index (χ3v) is 5.12. The molecular weight excluding hydrogens is 258 g/mol. The van der Waals surface area contributed by atoms with Gasteiger partial charge < -0.3 is 4.74 Å². The number of thiazole rings is 1. The molecule has 0 spiro atoms. The van der Waals surface area contributed by atoms with Crippen LogP contribution in [0.2, 0.25) is 0 Å². The van der Waals surface area contributed by atoms with Crippen LogP contribution in [-0.2, 0) is 4.74 Å². The summed E-state index contributed by atoms with van der Waals surface area (Å²) in [5, 5.41) is 0.997. The number of carbonyl (C=O) groups is 1. The maximum absolute atomic E-state index is 11.6. The number of rotatable bonds is 5. The third kappa shape index (κ3) is 3.42. The molecule has 1 atom stereocenters. The first-order chi connectivity index (χ1) is 9.13. The van der Waals surface area contributed by atoms with Crippen LogP contribution in [0.1, 0.15) is 72.4 Å². The second kappa shape index (κ2) is 6.62. The predicted octanol–water partition coefficient (Wildman–Crippen LogP) is 4.31. The lowest BCUT2D eigenvalue weighted by Crippen LogP contribution is -2.19. The van der Waals surface area contributed by atoms with E-state index in [4.69, 9.17) is 4.74 Å². The molecule has 2 rings (SSSR count). The number of aryl methyl sites for hydroxylation is 1. The average molecular weight is 281 g/mol. The minimum absolute atomic E-state index is 0.0853. The Hall–Kier alpha value is -0.740. The predicted molar refractivity (Wildman–Crippen MR) is 77.8 cm³/mol. The van der Waals surface area contributed by atoms with E-state index in [1.54, 1.807) is 6.92 Å². The van der Waals surface area contributed by atoms with Crippen LogP contribution in [0.25, 0.3) is 0 Å². The number of hydrogen-bond donors (Lipinski definition) is 0. The Morgan fingerprint density at radius 2 is 2.11 bits per heavy atom. The molecule has 0 bridgehead atoms. The van der Waals surface area contributed by atoms with Crippen molar-refractivity contribution in [2.24, 2.45) is 5.92 Å². The van der Waals surface area contributed by atoms with Gasteiger partial charge in [-0.05, 0) is 32.6 Å². The lowest BCUT2D eigenvalue weighted by molar-refractivity contribution is 0.00545. The number of carbonyl (C=O) groups excluding carboxylic acids is 1. The van der Waals surface area contributed by atoms with Gasteiger partial charge in [-0.3, -0.25) is 4.79 Å². The molecule has 19 heavy (non-hydrogen) atoms. The molecule has 1 saturated carbocycles. The van der Waals surface area contributed by atoms with Crippen LogP contribution >= 0.6 is 11.3 Å². The second-order valence-corrected chi connectivity index (χ2v) is 6.33. The summed E-state index contributed by atoms with van der Waals surface area (Å²) >= 11 is 1.52. The molecule has 106 valence electrons. The summed E-state index contributed by atoms with van der Waals surface area (Å²) in [6.45, 7) is 6.26. The first kappa shape index (κ1) is 14.7. The molecule has 3 nitrogen and oxygen atoms in total. The molecule has 1 aromatic rings. The molecule has 0 amide bonds. The van der Waals surface area contributed by atoms with Gasteiger partial charge in [-0.1, -0.05) is 19.3 Å². The SMILES string of the molecule is CCOC(c1nc(C)c(C(C)=O)s1)C1CCCCC1. The maximum atomic E-state index is 11.6. The highest BCUT2D eigenvalue weighted by Gasteiger charge is 2.29. The van der Waals surface area contributed by atoms with Crippen LogP contribution < -0.4 is 0 Å². The normalized spacial score (nSPS) is 18.5. The molecule has 0 N–H and O–H groups in total. The van der Waals surface area contributed by atoms with E-state index in [-0.39, 0.29) is 11.9 Å². The number of ketones is 1. The molecule has 4 heteroatoms. The summed E-state index contributed by atoms with van der Waals surface area (Å²) in [6, 6.07) is 0. The summed E-state index contributed by atoms with van der Waals surface area (Å²) in [5.41, 5.74) is 0.855. The van der Waals surface area contributed by atoms with Crippen LogP contribution in [0.4, 0.5) is 0 Å². The van der Waals surface area contributed by atoms with Gasteiger partial charge in [0.2, 0.25) is 0 Å². The van der Waals surface area contributed by atoms with Crippen molar-refractivity contribution in [3.05, 3.63) is 15.6 Å². The fourth-order valence-electron chi connectivity index (χ4n) is 2.89. The number of aromatic nitrogens is 1. The Kier molecular flexibility index (Phi) is 5.11. The van der Waals surface area contributed by atoms with E-state index in [9.17, 15) is 4.79 Å². The molecule has 1 heterocycles. The van der Waals surface area contributed by atoms with Gasteiger partial charge >= 0.3 is 0 Å². The van der Waals surface area contributed by atoms with Gasteiger partial charge in [-0.2, -0.15) is 0 Å². The molecular formula is C15H23NO2S.